The second-order valence-electron chi connectivity index (χ2n) is 6.09. The van der Waals surface area contributed by atoms with Crippen LogP contribution in [0.4, 0.5) is 0 Å². The fourth-order valence-electron chi connectivity index (χ4n) is 2.86. The summed E-state index contributed by atoms with van der Waals surface area (Å²) >= 11 is 0. The first-order chi connectivity index (χ1) is 10.1. The molecule has 0 bridgehead atoms. The van der Waals surface area contributed by atoms with Crippen molar-refractivity contribution in [1.82, 2.24) is 10.2 Å². The second kappa shape index (κ2) is 7.57. The summed E-state index contributed by atoms with van der Waals surface area (Å²) in [6.07, 6.45) is 1.15. The maximum atomic E-state index is 11.0. The van der Waals surface area contributed by atoms with Gasteiger partial charge in [0.2, 0.25) is 0 Å². The van der Waals surface area contributed by atoms with Crippen molar-refractivity contribution in [2.75, 3.05) is 26.2 Å². The number of nitrogens with one attached hydrogen (secondary N) is 1. The highest BCUT2D eigenvalue weighted by molar-refractivity contribution is 5.69. The highest BCUT2D eigenvalue weighted by Gasteiger charge is 2.23. The third-order valence-electron chi connectivity index (χ3n) is 3.81. The standard InChI is InChI=1S/C17H26N2O2/c1-13(2)12-17(19-10-8-18-9-11-19)15-4-6-16(7-5-15)21-14(3)20/h4-7,13,17-18H,8-12H2,1-3H3/t17-/m1/s1. The summed E-state index contributed by atoms with van der Waals surface area (Å²) in [6, 6.07) is 8.41. The van der Waals surface area contributed by atoms with Gasteiger partial charge in [0.25, 0.3) is 0 Å². The Balaban J connectivity index is 2.13. The van der Waals surface area contributed by atoms with Gasteiger partial charge in [0.05, 0.1) is 0 Å². The van der Waals surface area contributed by atoms with Crippen molar-refractivity contribution in [3.8, 4) is 5.75 Å². The Hall–Kier alpha value is -1.39. The Morgan fingerprint density at radius 1 is 1.24 bits per heavy atom. The van der Waals surface area contributed by atoms with E-state index in [0.717, 1.165) is 32.6 Å². The van der Waals surface area contributed by atoms with Crippen LogP contribution in [0.15, 0.2) is 24.3 Å². The van der Waals surface area contributed by atoms with E-state index < -0.39 is 0 Å². The summed E-state index contributed by atoms with van der Waals surface area (Å²) in [6.45, 7) is 10.2. The molecule has 0 unspecified atom stereocenters. The van der Waals surface area contributed by atoms with Crippen LogP contribution in [0.5, 0.6) is 5.75 Å². The van der Waals surface area contributed by atoms with E-state index in [4.69, 9.17) is 4.74 Å². The van der Waals surface area contributed by atoms with Gasteiger partial charge in [0.15, 0.2) is 0 Å². The molecule has 1 aromatic rings. The molecule has 0 aromatic heterocycles. The van der Waals surface area contributed by atoms with Gasteiger partial charge in [-0.1, -0.05) is 26.0 Å². The quantitative estimate of drug-likeness (QED) is 0.668. The smallest absolute Gasteiger partial charge is 0.308 e. The highest BCUT2D eigenvalue weighted by atomic mass is 16.5. The Morgan fingerprint density at radius 3 is 2.38 bits per heavy atom. The van der Waals surface area contributed by atoms with Gasteiger partial charge < -0.3 is 10.1 Å². The molecule has 1 heterocycles. The van der Waals surface area contributed by atoms with E-state index >= 15 is 0 Å². The minimum atomic E-state index is -0.274. The number of ether oxygens (including phenoxy) is 1. The summed E-state index contributed by atoms with van der Waals surface area (Å²) < 4.78 is 5.11. The lowest BCUT2D eigenvalue weighted by Crippen LogP contribution is -2.45. The Morgan fingerprint density at radius 2 is 1.86 bits per heavy atom. The normalized spacial score (nSPS) is 17.7. The average Bonchev–Trinajstić information content (AvgIpc) is 2.46. The lowest BCUT2D eigenvalue weighted by molar-refractivity contribution is -0.131. The second-order valence-corrected chi connectivity index (χ2v) is 6.09. The van der Waals surface area contributed by atoms with Gasteiger partial charge >= 0.3 is 5.97 Å². The topological polar surface area (TPSA) is 41.6 Å². The SMILES string of the molecule is CC(=O)Oc1ccc([C@@H](CC(C)C)N2CCNCC2)cc1. The molecule has 1 saturated heterocycles. The zero-order chi connectivity index (χ0) is 15.2. The number of esters is 1. The lowest BCUT2D eigenvalue weighted by atomic mass is 9.95. The van der Waals surface area contributed by atoms with Gasteiger partial charge in [-0.15, -0.1) is 0 Å². The van der Waals surface area contributed by atoms with E-state index in [-0.39, 0.29) is 5.97 Å². The number of hydrogen-bond donors (Lipinski definition) is 1. The number of carbonyl (C=O) groups excluding carboxylic acids is 1. The van der Waals surface area contributed by atoms with Gasteiger partial charge in [-0.05, 0) is 30.0 Å². The van der Waals surface area contributed by atoms with Crippen molar-refractivity contribution < 1.29 is 9.53 Å². The Kier molecular flexibility index (Phi) is 5.76. The van der Waals surface area contributed by atoms with Gasteiger partial charge in [0, 0.05) is 39.1 Å². The molecule has 21 heavy (non-hydrogen) atoms. The van der Waals surface area contributed by atoms with Gasteiger partial charge in [-0.3, -0.25) is 9.69 Å². The van der Waals surface area contributed by atoms with E-state index in [9.17, 15) is 4.79 Å². The van der Waals surface area contributed by atoms with Crippen LogP contribution in [0, 0.1) is 5.92 Å². The molecule has 116 valence electrons. The number of benzene rings is 1. The molecule has 0 aliphatic carbocycles. The number of carbonyl (C=O) groups is 1. The number of piperazine rings is 1. The zero-order valence-corrected chi connectivity index (χ0v) is 13.3. The minimum absolute atomic E-state index is 0.274. The molecule has 0 saturated carbocycles. The van der Waals surface area contributed by atoms with Crippen LogP contribution in [-0.2, 0) is 4.79 Å². The third-order valence-corrected chi connectivity index (χ3v) is 3.81. The van der Waals surface area contributed by atoms with Gasteiger partial charge in [0.1, 0.15) is 5.75 Å². The molecule has 1 fully saturated rings. The number of rotatable bonds is 5. The summed E-state index contributed by atoms with van der Waals surface area (Å²) in [4.78, 5) is 13.5. The third kappa shape index (κ3) is 4.83. The fourth-order valence-corrected chi connectivity index (χ4v) is 2.86. The molecule has 1 N–H and O–H groups in total. The molecule has 0 amide bonds. The maximum absolute atomic E-state index is 11.0. The van der Waals surface area contributed by atoms with Crippen molar-refractivity contribution in [3.63, 3.8) is 0 Å². The van der Waals surface area contributed by atoms with Gasteiger partial charge in [-0.25, -0.2) is 0 Å². The van der Waals surface area contributed by atoms with Crippen LogP contribution in [0.3, 0.4) is 0 Å². The van der Waals surface area contributed by atoms with Crippen molar-refractivity contribution in [3.05, 3.63) is 29.8 Å². The molecule has 1 aliphatic heterocycles. The van der Waals surface area contributed by atoms with Crippen LogP contribution in [0.25, 0.3) is 0 Å². The summed E-state index contributed by atoms with van der Waals surface area (Å²) in [7, 11) is 0. The van der Waals surface area contributed by atoms with Crippen LogP contribution in [0.1, 0.15) is 38.8 Å². The van der Waals surface area contributed by atoms with E-state index in [1.807, 2.05) is 12.1 Å². The summed E-state index contributed by atoms with van der Waals surface area (Å²) in [5, 5.41) is 3.41. The van der Waals surface area contributed by atoms with Crippen LogP contribution >= 0.6 is 0 Å². The molecular weight excluding hydrogens is 264 g/mol. The highest BCUT2D eigenvalue weighted by Crippen LogP contribution is 2.29. The van der Waals surface area contributed by atoms with Crippen molar-refractivity contribution >= 4 is 5.97 Å². The molecule has 2 rings (SSSR count). The molecule has 4 heteroatoms. The Bertz CT molecular complexity index is 450. The molecule has 1 atom stereocenters. The first-order valence-electron chi connectivity index (χ1n) is 7.79. The summed E-state index contributed by atoms with van der Waals surface area (Å²) in [5.41, 5.74) is 1.31. The Labute approximate surface area is 127 Å². The number of hydrogen-bond acceptors (Lipinski definition) is 4. The van der Waals surface area contributed by atoms with Crippen molar-refractivity contribution in [1.29, 1.82) is 0 Å². The summed E-state index contributed by atoms with van der Waals surface area (Å²) in [5.74, 6) is 0.997. The monoisotopic (exact) mass is 290 g/mol. The molecule has 0 radical (unpaired) electrons. The molecule has 0 spiro atoms. The molecule has 1 aromatic carbocycles. The van der Waals surface area contributed by atoms with Crippen LogP contribution in [0.2, 0.25) is 0 Å². The fraction of sp³-hybridized carbons (Fsp3) is 0.588. The molecule has 1 aliphatic rings. The van der Waals surface area contributed by atoms with Crippen LogP contribution < -0.4 is 10.1 Å². The number of nitrogens with zero attached hydrogens (tertiary/aromatic N) is 1. The van der Waals surface area contributed by atoms with Crippen LogP contribution in [-0.4, -0.2) is 37.0 Å². The van der Waals surface area contributed by atoms with E-state index in [0.29, 0.717) is 17.7 Å². The van der Waals surface area contributed by atoms with Crippen molar-refractivity contribution in [2.24, 2.45) is 5.92 Å². The van der Waals surface area contributed by atoms with E-state index in [1.54, 1.807) is 0 Å². The predicted molar refractivity (Wildman–Crippen MR) is 84.4 cm³/mol. The lowest BCUT2D eigenvalue weighted by Gasteiger charge is -2.36. The molecular formula is C17H26N2O2. The molecule has 4 nitrogen and oxygen atoms in total. The van der Waals surface area contributed by atoms with E-state index in [2.05, 4.69) is 36.2 Å². The van der Waals surface area contributed by atoms with E-state index in [1.165, 1.54) is 12.5 Å². The van der Waals surface area contributed by atoms with Crippen molar-refractivity contribution in [2.45, 2.75) is 33.2 Å². The average molecular weight is 290 g/mol. The first-order valence-corrected chi connectivity index (χ1v) is 7.79. The zero-order valence-electron chi connectivity index (χ0n) is 13.3. The minimum Gasteiger partial charge on any atom is -0.427 e. The maximum Gasteiger partial charge on any atom is 0.308 e. The predicted octanol–water partition coefficient (Wildman–Crippen LogP) is 2.60. The first kappa shape index (κ1) is 16.0. The van der Waals surface area contributed by atoms with Gasteiger partial charge in [-0.2, -0.15) is 0 Å². The largest absolute Gasteiger partial charge is 0.427 e.